The summed E-state index contributed by atoms with van der Waals surface area (Å²) in [7, 11) is 0. The molecule has 2 atom stereocenters. The molecular formula is C19H33N3O2. The van der Waals surface area contributed by atoms with Crippen LogP contribution in [0.3, 0.4) is 0 Å². The van der Waals surface area contributed by atoms with Crippen LogP contribution >= 0.6 is 0 Å². The van der Waals surface area contributed by atoms with E-state index in [1.807, 2.05) is 9.80 Å². The number of hydrogen-bond acceptors (Lipinski definition) is 3. The summed E-state index contributed by atoms with van der Waals surface area (Å²) >= 11 is 0. The van der Waals surface area contributed by atoms with E-state index < -0.39 is 0 Å². The molecule has 2 amide bonds. The van der Waals surface area contributed by atoms with Gasteiger partial charge in [-0.3, -0.25) is 9.59 Å². The highest BCUT2D eigenvalue weighted by atomic mass is 16.2. The van der Waals surface area contributed by atoms with E-state index in [1.165, 1.54) is 25.7 Å². The number of piperazine rings is 1. The van der Waals surface area contributed by atoms with Crippen molar-refractivity contribution >= 4 is 11.8 Å². The number of rotatable bonds is 4. The Bertz CT molecular complexity index is 440. The molecule has 3 aliphatic rings. The van der Waals surface area contributed by atoms with Crippen LogP contribution in [0.5, 0.6) is 0 Å². The van der Waals surface area contributed by atoms with Gasteiger partial charge in [0.2, 0.25) is 11.8 Å². The van der Waals surface area contributed by atoms with Gasteiger partial charge in [0.05, 0.1) is 0 Å². The molecular weight excluding hydrogens is 302 g/mol. The zero-order chi connectivity index (χ0) is 16.9. The Balaban J connectivity index is 1.39. The van der Waals surface area contributed by atoms with Crippen LogP contribution in [0, 0.1) is 11.8 Å². The van der Waals surface area contributed by atoms with Gasteiger partial charge in [-0.05, 0) is 31.6 Å². The standard InChI is InChI=1S/C19H33N3O2/c20-17-7-3-6-16(14-17)19(24)22-12-10-21(11-13-22)18(23)9-8-15-4-1-2-5-15/h15-17H,1-14,20H2. The molecule has 2 N–H and O–H groups in total. The third kappa shape index (κ3) is 4.50. The van der Waals surface area contributed by atoms with Crippen LogP contribution in [0.15, 0.2) is 0 Å². The number of nitrogens with zero attached hydrogens (tertiary/aromatic N) is 2. The van der Waals surface area contributed by atoms with Gasteiger partial charge < -0.3 is 15.5 Å². The smallest absolute Gasteiger partial charge is 0.225 e. The summed E-state index contributed by atoms with van der Waals surface area (Å²) in [6.45, 7) is 2.79. The van der Waals surface area contributed by atoms with Gasteiger partial charge in [-0.25, -0.2) is 0 Å². The Kier molecular flexibility index (Phi) is 6.14. The summed E-state index contributed by atoms with van der Waals surface area (Å²) in [5, 5.41) is 0. The third-order valence-corrected chi connectivity index (χ3v) is 6.25. The second-order valence-corrected chi connectivity index (χ2v) is 8.02. The second-order valence-electron chi connectivity index (χ2n) is 8.02. The van der Waals surface area contributed by atoms with E-state index in [2.05, 4.69) is 0 Å². The van der Waals surface area contributed by atoms with Crippen molar-refractivity contribution in [2.75, 3.05) is 26.2 Å². The molecule has 0 bridgehead atoms. The van der Waals surface area contributed by atoms with Crippen LogP contribution in [-0.2, 0) is 9.59 Å². The lowest BCUT2D eigenvalue weighted by Gasteiger charge is -2.38. The monoisotopic (exact) mass is 335 g/mol. The molecule has 2 aliphatic carbocycles. The Hall–Kier alpha value is -1.10. The lowest BCUT2D eigenvalue weighted by molar-refractivity contribution is -0.143. The molecule has 0 radical (unpaired) electrons. The van der Waals surface area contributed by atoms with Gasteiger partial charge in [0, 0.05) is 44.6 Å². The second kappa shape index (κ2) is 8.32. The first-order chi connectivity index (χ1) is 11.6. The maximum Gasteiger partial charge on any atom is 0.225 e. The van der Waals surface area contributed by atoms with Crippen molar-refractivity contribution in [3.8, 4) is 0 Å². The minimum atomic E-state index is 0.110. The molecule has 136 valence electrons. The van der Waals surface area contributed by atoms with E-state index in [0.717, 1.165) is 38.0 Å². The maximum atomic E-state index is 12.6. The maximum absolute atomic E-state index is 12.6. The van der Waals surface area contributed by atoms with Crippen molar-refractivity contribution in [2.45, 2.75) is 70.3 Å². The lowest BCUT2D eigenvalue weighted by Crippen LogP contribution is -2.52. The van der Waals surface area contributed by atoms with E-state index in [1.54, 1.807) is 0 Å². The molecule has 5 heteroatoms. The van der Waals surface area contributed by atoms with Gasteiger partial charge in [-0.1, -0.05) is 32.1 Å². The highest BCUT2D eigenvalue weighted by Crippen LogP contribution is 2.29. The van der Waals surface area contributed by atoms with Gasteiger partial charge in [-0.15, -0.1) is 0 Å². The molecule has 0 aromatic rings. The molecule has 24 heavy (non-hydrogen) atoms. The van der Waals surface area contributed by atoms with E-state index in [4.69, 9.17) is 5.73 Å². The molecule has 3 rings (SSSR count). The quantitative estimate of drug-likeness (QED) is 0.856. The van der Waals surface area contributed by atoms with Crippen molar-refractivity contribution < 1.29 is 9.59 Å². The Morgan fingerprint density at radius 2 is 1.54 bits per heavy atom. The van der Waals surface area contributed by atoms with Gasteiger partial charge in [0.15, 0.2) is 0 Å². The van der Waals surface area contributed by atoms with Crippen LogP contribution in [0.25, 0.3) is 0 Å². The molecule has 5 nitrogen and oxygen atoms in total. The number of carbonyl (C=O) groups excluding carboxylic acids is 2. The molecule has 1 aliphatic heterocycles. The van der Waals surface area contributed by atoms with E-state index >= 15 is 0 Å². The summed E-state index contributed by atoms with van der Waals surface area (Å²) in [5.41, 5.74) is 6.02. The van der Waals surface area contributed by atoms with Crippen molar-refractivity contribution in [2.24, 2.45) is 17.6 Å². The van der Waals surface area contributed by atoms with Crippen LogP contribution in [-0.4, -0.2) is 53.8 Å². The Morgan fingerprint density at radius 3 is 2.21 bits per heavy atom. The molecule has 0 aromatic heterocycles. The van der Waals surface area contributed by atoms with Crippen molar-refractivity contribution in [3.63, 3.8) is 0 Å². The summed E-state index contributed by atoms with van der Waals surface area (Å²) in [6, 6.07) is 0.186. The molecule has 1 heterocycles. The molecule has 0 aromatic carbocycles. The lowest BCUT2D eigenvalue weighted by atomic mass is 9.85. The largest absolute Gasteiger partial charge is 0.339 e. The highest BCUT2D eigenvalue weighted by Gasteiger charge is 2.31. The van der Waals surface area contributed by atoms with Gasteiger partial charge in [0.25, 0.3) is 0 Å². The molecule has 0 spiro atoms. The zero-order valence-electron chi connectivity index (χ0n) is 14.9. The summed E-state index contributed by atoms with van der Waals surface area (Å²) in [6.07, 6.45) is 11.0. The van der Waals surface area contributed by atoms with Gasteiger partial charge in [-0.2, -0.15) is 0 Å². The normalized spacial score (nSPS) is 29.0. The molecule has 2 unspecified atom stereocenters. The van der Waals surface area contributed by atoms with E-state index in [9.17, 15) is 9.59 Å². The average molecular weight is 335 g/mol. The first kappa shape index (κ1) is 17.7. The van der Waals surface area contributed by atoms with Crippen LogP contribution in [0.1, 0.15) is 64.2 Å². The summed E-state index contributed by atoms with van der Waals surface area (Å²) in [4.78, 5) is 28.9. The van der Waals surface area contributed by atoms with Gasteiger partial charge in [0.1, 0.15) is 0 Å². The molecule has 3 fully saturated rings. The van der Waals surface area contributed by atoms with Gasteiger partial charge >= 0.3 is 0 Å². The SMILES string of the molecule is NC1CCCC(C(=O)N2CCN(C(=O)CCC3CCCC3)CC2)C1. The molecule has 1 saturated heterocycles. The minimum Gasteiger partial charge on any atom is -0.339 e. The van der Waals surface area contributed by atoms with E-state index in [0.29, 0.717) is 32.6 Å². The first-order valence-electron chi connectivity index (χ1n) is 9.95. The Labute approximate surface area is 145 Å². The first-order valence-corrected chi connectivity index (χ1v) is 9.95. The number of hydrogen-bond donors (Lipinski definition) is 1. The van der Waals surface area contributed by atoms with Crippen molar-refractivity contribution in [1.29, 1.82) is 0 Å². The predicted octanol–water partition coefficient (Wildman–Crippen LogP) is 2.15. The highest BCUT2D eigenvalue weighted by molar-refractivity contribution is 5.80. The zero-order valence-corrected chi connectivity index (χ0v) is 14.9. The fraction of sp³-hybridized carbons (Fsp3) is 0.895. The number of carbonyl (C=O) groups is 2. The van der Waals surface area contributed by atoms with E-state index in [-0.39, 0.29) is 23.8 Å². The average Bonchev–Trinajstić information content (AvgIpc) is 3.13. The minimum absolute atomic E-state index is 0.110. The van der Waals surface area contributed by atoms with Crippen LogP contribution in [0.4, 0.5) is 0 Å². The fourth-order valence-electron chi connectivity index (χ4n) is 4.67. The summed E-state index contributed by atoms with van der Waals surface area (Å²) in [5.74, 6) is 1.43. The van der Waals surface area contributed by atoms with Crippen LogP contribution in [0.2, 0.25) is 0 Å². The van der Waals surface area contributed by atoms with Crippen LogP contribution < -0.4 is 5.73 Å². The molecule has 2 saturated carbocycles. The Morgan fingerprint density at radius 1 is 0.875 bits per heavy atom. The van der Waals surface area contributed by atoms with Crippen molar-refractivity contribution in [3.05, 3.63) is 0 Å². The number of amides is 2. The topological polar surface area (TPSA) is 66.6 Å². The number of nitrogens with two attached hydrogens (primary N) is 1. The fourth-order valence-corrected chi connectivity index (χ4v) is 4.67. The van der Waals surface area contributed by atoms with Crippen molar-refractivity contribution in [1.82, 2.24) is 9.80 Å². The predicted molar refractivity (Wildman–Crippen MR) is 94.3 cm³/mol. The third-order valence-electron chi connectivity index (χ3n) is 6.25. The summed E-state index contributed by atoms with van der Waals surface area (Å²) < 4.78 is 0.